The van der Waals surface area contributed by atoms with Crippen molar-refractivity contribution in [2.24, 2.45) is 0 Å². The van der Waals surface area contributed by atoms with Gasteiger partial charge in [0.25, 0.3) is 0 Å². The molecule has 0 unspecified atom stereocenters. The minimum absolute atomic E-state index is 0.138. The summed E-state index contributed by atoms with van der Waals surface area (Å²) in [6.45, 7) is 0. The number of nitrogen functional groups attached to an aromatic ring is 1. The highest BCUT2D eigenvalue weighted by molar-refractivity contribution is 6.30. The van der Waals surface area contributed by atoms with Crippen LogP contribution < -0.4 is 5.73 Å². The molecule has 2 N–H and O–H groups in total. The molecule has 2 aromatic rings. The molecule has 0 spiro atoms. The Balaban J connectivity index is 2.47. The van der Waals surface area contributed by atoms with Crippen LogP contribution in [-0.4, -0.2) is 11.6 Å². The van der Waals surface area contributed by atoms with Crippen molar-refractivity contribution in [2.45, 2.75) is 0 Å². The van der Waals surface area contributed by atoms with Gasteiger partial charge in [0.15, 0.2) is 34.8 Å². The van der Waals surface area contributed by atoms with Gasteiger partial charge in [-0.1, -0.05) is 12.1 Å². The highest BCUT2D eigenvalue weighted by atomic mass is 19.2. The summed E-state index contributed by atoms with van der Waals surface area (Å²) in [6, 6.07) is 3.79. The SMILES string of the molecule is Nc1cccc2c1C(=O)c1c(F)c(F)c(F)c(F)c1C2=O. The van der Waals surface area contributed by atoms with E-state index in [1.54, 1.807) is 0 Å². The van der Waals surface area contributed by atoms with E-state index in [4.69, 9.17) is 5.73 Å². The topological polar surface area (TPSA) is 60.2 Å². The molecule has 0 saturated heterocycles. The average Bonchev–Trinajstić information content (AvgIpc) is 2.46. The van der Waals surface area contributed by atoms with E-state index in [9.17, 15) is 27.2 Å². The third-order valence-electron chi connectivity index (χ3n) is 3.29. The van der Waals surface area contributed by atoms with Crippen molar-refractivity contribution >= 4 is 17.3 Å². The van der Waals surface area contributed by atoms with E-state index in [-0.39, 0.29) is 16.8 Å². The van der Waals surface area contributed by atoms with Gasteiger partial charge in [-0.2, -0.15) is 0 Å². The Morgan fingerprint density at radius 3 is 1.81 bits per heavy atom. The molecule has 3 rings (SSSR count). The van der Waals surface area contributed by atoms with Crippen molar-refractivity contribution < 1.29 is 27.2 Å². The largest absolute Gasteiger partial charge is 0.398 e. The Bertz CT molecular complexity index is 846. The summed E-state index contributed by atoms with van der Waals surface area (Å²) in [6.07, 6.45) is 0. The molecule has 106 valence electrons. The molecule has 0 atom stereocenters. The summed E-state index contributed by atoms with van der Waals surface area (Å²) in [4.78, 5) is 24.3. The standard InChI is InChI=1S/C14H5F4NO2/c15-9-7-8(10(16)12(18)11(9)17)14(21)6-4(13(7)20)2-1-3-5(6)19/h1-3H,19H2. The van der Waals surface area contributed by atoms with Crippen molar-refractivity contribution in [1.29, 1.82) is 0 Å². The van der Waals surface area contributed by atoms with Crippen LogP contribution in [0.5, 0.6) is 0 Å². The minimum Gasteiger partial charge on any atom is -0.398 e. The van der Waals surface area contributed by atoms with Crippen LogP contribution in [0.3, 0.4) is 0 Å². The predicted octanol–water partition coefficient (Wildman–Crippen LogP) is 2.60. The molecule has 7 heteroatoms. The van der Waals surface area contributed by atoms with Crippen molar-refractivity contribution in [1.82, 2.24) is 0 Å². The van der Waals surface area contributed by atoms with Gasteiger partial charge in [0.1, 0.15) is 0 Å². The number of carbonyl (C=O) groups excluding carboxylic acids is 2. The highest BCUT2D eigenvalue weighted by Crippen LogP contribution is 2.35. The molecular weight excluding hydrogens is 290 g/mol. The van der Waals surface area contributed by atoms with Crippen molar-refractivity contribution in [3.05, 3.63) is 63.7 Å². The molecule has 0 aromatic heterocycles. The van der Waals surface area contributed by atoms with Gasteiger partial charge in [-0.05, 0) is 6.07 Å². The fourth-order valence-corrected chi connectivity index (χ4v) is 2.33. The molecule has 0 bridgehead atoms. The summed E-state index contributed by atoms with van der Waals surface area (Å²) < 4.78 is 54.1. The number of halogens is 4. The molecular formula is C14H5F4NO2. The Hall–Kier alpha value is -2.70. The van der Waals surface area contributed by atoms with E-state index in [2.05, 4.69) is 0 Å². The number of nitrogens with two attached hydrogens (primary N) is 1. The van der Waals surface area contributed by atoms with Crippen LogP contribution in [0, 0.1) is 23.3 Å². The maximum Gasteiger partial charge on any atom is 0.199 e. The van der Waals surface area contributed by atoms with E-state index in [1.807, 2.05) is 0 Å². The lowest BCUT2D eigenvalue weighted by Gasteiger charge is -2.20. The van der Waals surface area contributed by atoms with Gasteiger partial charge >= 0.3 is 0 Å². The minimum atomic E-state index is -2.15. The van der Waals surface area contributed by atoms with Gasteiger partial charge in [-0.3, -0.25) is 9.59 Å². The molecule has 0 fully saturated rings. The monoisotopic (exact) mass is 295 g/mol. The predicted molar refractivity (Wildman–Crippen MR) is 64.0 cm³/mol. The van der Waals surface area contributed by atoms with Gasteiger partial charge in [0.2, 0.25) is 0 Å². The number of carbonyl (C=O) groups is 2. The third kappa shape index (κ3) is 1.54. The van der Waals surface area contributed by atoms with Crippen LogP contribution in [0.4, 0.5) is 23.2 Å². The zero-order valence-electron chi connectivity index (χ0n) is 10.1. The zero-order valence-corrected chi connectivity index (χ0v) is 10.1. The lowest BCUT2D eigenvalue weighted by Crippen LogP contribution is -2.26. The zero-order chi connectivity index (χ0) is 15.5. The summed E-state index contributed by atoms with van der Waals surface area (Å²) in [5.41, 5.74) is 2.53. The van der Waals surface area contributed by atoms with Gasteiger partial charge in [-0.15, -0.1) is 0 Å². The van der Waals surface area contributed by atoms with Gasteiger partial charge in [0.05, 0.1) is 16.7 Å². The lowest BCUT2D eigenvalue weighted by atomic mass is 9.82. The van der Waals surface area contributed by atoms with Gasteiger partial charge in [0, 0.05) is 11.3 Å². The second-order valence-corrected chi connectivity index (χ2v) is 4.43. The molecule has 0 aliphatic heterocycles. The fraction of sp³-hybridized carbons (Fsp3) is 0. The first kappa shape index (κ1) is 13.3. The van der Waals surface area contributed by atoms with Crippen LogP contribution in [-0.2, 0) is 0 Å². The summed E-state index contributed by atoms with van der Waals surface area (Å²) in [7, 11) is 0. The molecule has 0 amide bonds. The van der Waals surface area contributed by atoms with E-state index in [0.29, 0.717) is 0 Å². The summed E-state index contributed by atoms with van der Waals surface area (Å²) in [5.74, 6) is -10.4. The van der Waals surface area contributed by atoms with E-state index in [1.165, 1.54) is 18.2 Å². The third-order valence-corrected chi connectivity index (χ3v) is 3.29. The summed E-state index contributed by atoms with van der Waals surface area (Å²) >= 11 is 0. The first-order valence-corrected chi connectivity index (χ1v) is 5.70. The first-order valence-electron chi connectivity index (χ1n) is 5.70. The maximum atomic E-state index is 13.8. The summed E-state index contributed by atoms with van der Waals surface area (Å²) in [5, 5.41) is 0. The van der Waals surface area contributed by atoms with Crippen molar-refractivity contribution in [3.63, 3.8) is 0 Å². The highest BCUT2D eigenvalue weighted by Gasteiger charge is 2.39. The van der Waals surface area contributed by atoms with Gasteiger partial charge in [-0.25, -0.2) is 17.6 Å². The molecule has 1 aliphatic rings. The number of rotatable bonds is 0. The van der Waals surface area contributed by atoms with Crippen LogP contribution >= 0.6 is 0 Å². The maximum absolute atomic E-state index is 13.8. The van der Waals surface area contributed by atoms with Crippen LogP contribution in [0.25, 0.3) is 0 Å². The molecule has 21 heavy (non-hydrogen) atoms. The van der Waals surface area contributed by atoms with Crippen LogP contribution in [0.1, 0.15) is 31.8 Å². The Kier molecular flexibility index (Phi) is 2.62. The Morgan fingerprint density at radius 1 is 0.714 bits per heavy atom. The number of hydrogen-bond acceptors (Lipinski definition) is 3. The normalized spacial score (nSPS) is 13.1. The molecule has 0 radical (unpaired) electrons. The average molecular weight is 295 g/mol. The molecule has 3 nitrogen and oxygen atoms in total. The Labute approximate surface area is 115 Å². The van der Waals surface area contributed by atoms with Crippen molar-refractivity contribution in [3.8, 4) is 0 Å². The fourth-order valence-electron chi connectivity index (χ4n) is 2.33. The van der Waals surface area contributed by atoms with E-state index >= 15 is 0 Å². The van der Waals surface area contributed by atoms with Crippen LogP contribution in [0.2, 0.25) is 0 Å². The van der Waals surface area contributed by atoms with E-state index in [0.717, 1.165) is 0 Å². The number of fused-ring (bicyclic) bond motifs is 2. The van der Waals surface area contributed by atoms with Gasteiger partial charge < -0.3 is 5.73 Å². The number of benzene rings is 2. The molecule has 0 heterocycles. The van der Waals surface area contributed by atoms with Crippen LogP contribution in [0.15, 0.2) is 18.2 Å². The molecule has 1 aliphatic carbocycles. The second-order valence-electron chi connectivity index (χ2n) is 4.43. The lowest BCUT2D eigenvalue weighted by molar-refractivity contribution is 0.0970. The van der Waals surface area contributed by atoms with Crippen molar-refractivity contribution in [2.75, 3.05) is 5.73 Å². The second kappa shape index (κ2) is 4.15. The number of anilines is 1. The number of hydrogen-bond donors (Lipinski definition) is 1. The van der Waals surface area contributed by atoms with E-state index < -0.39 is 46.0 Å². The first-order chi connectivity index (χ1) is 9.86. The smallest absolute Gasteiger partial charge is 0.199 e. The Morgan fingerprint density at radius 2 is 1.24 bits per heavy atom. The molecule has 2 aromatic carbocycles. The molecule has 0 saturated carbocycles. The number of ketones is 2. The quantitative estimate of drug-likeness (QED) is 0.300.